The highest BCUT2D eigenvalue weighted by atomic mass is 16.4. The van der Waals surface area contributed by atoms with E-state index in [1.165, 1.54) is 70.6 Å². The van der Waals surface area contributed by atoms with Crippen LogP contribution in [0.3, 0.4) is 0 Å². The average molecular weight is 358 g/mol. The Balaban J connectivity index is 3.41. The molecule has 4 heteroatoms. The number of nitrogens with zero attached hydrogens (tertiary/aromatic N) is 1. The molecule has 0 amide bonds. The van der Waals surface area contributed by atoms with Crippen LogP contribution >= 0.6 is 0 Å². The molecule has 0 heterocycles. The van der Waals surface area contributed by atoms with Gasteiger partial charge in [-0.2, -0.15) is 0 Å². The van der Waals surface area contributed by atoms with Crippen LogP contribution in [0.1, 0.15) is 103 Å². The first-order valence-electron chi connectivity index (χ1n) is 10.6. The van der Waals surface area contributed by atoms with E-state index in [4.69, 9.17) is 5.11 Å². The molecule has 0 fully saturated rings. The second kappa shape index (κ2) is 15.6. The molecule has 1 unspecified atom stereocenters. The van der Waals surface area contributed by atoms with Crippen molar-refractivity contribution < 1.29 is 19.5 Å². The summed E-state index contributed by atoms with van der Waals surface area (Å²) in [7, 11) is 3.70. The van der Waals surface area contributed by atoms with E-state index in [2.05, 4.69) is 6.92 Å². The van der Waals surface area contributed by atoms with Gasteiger partial charge in [0.1, 0.15) is 0 Å². The molecule has 0 rings (SSSR count). The van der Waals surface area contributed by atoms with E-state index >= 15 is 0 Å². The maximum absolute atomic E-state index is 12.2. The summed E-state index contributed by atoms with van der Waals surface area (Å²) in [6.07, 6.45) is 17.0. The van der Waals surface area contributed by atoms with Crippen molar-refractivity contribution >= 4 is 5.97 Å². The molecule has 0 aromatic heterocycles. The second-order valence-corrected chi connectivity index (χ2v) is 8.13. The van der Waals surface area contributed by atoms with Crippen molar-refractivity contribution in [2.45, 2.75) is 109 Å². The Morgan fingerprint density at radius 2 is 1.24 bits per heavy atom. The summed E-state index contributed by atoms with van der Waals surface area (Å²) in [5.41, 5.74) is 0. The van der Waals surface area contributed by atoms with Crippen molar-refractivity contribution in [3.05, 3.63) is 0 Å². The van der Waals surface area contributed by atoms with Gasteiger partial charge in [-0.25, -0.2) is 0 Å². The van der Waals surface area contributed by atoms with Gasteiger partial charge in [-0.05, 0) is 12.8 Å². The highest BCUT2D eigenvalue weighted by Gasteiger charge is 2.19. The highest BCUT2D eigenvalue weighted by Crippen LogP contribution is 2.15. The fourth-order valence-corrected chi connectivity index (χ4v) is 3.21. The lowest BCUT2D eigenvalue weighted by Gasteiger charge is -2.42. The van der Waals surface area contributed by atoms with Gasteiger partial charge in [0.25, 0.3) is 0 Å². The Bertz CT molecular complexity index is 318. The number of rotatable bonds is 18. The van der Waals surface area contributed by atoms with Gasteiger partial charge < -0.3 is 14.7 Å². The number of aliphatic carboxylic acids is 1. The van der Waals surface area contributed by atoms with Crippen LogP contribution in [-0.4, -0.2) is 42.4 Å². The summed E-state index contributed by atoms with van der Waals surface area (Å²) in [5.74, 6) is -0.820. The molecule has 0 spiro atoms. The van der Waals surface area contributed by atoms with E-state index in [0.29, 0.717) is 13.0 Å². The molecule has 4 nitrogen and oxygen atoms in total. The lowest BCUT2D eigenvalue weighted by molar-refractivity contribution is -0.984. The molecule has 150 valence electrons. The summed E-state index contributed by atoms with van der Waals surface area (Å²) in [6, 6.07) is 0. The van der Waals surface area contributed by atoms with Crippen molar-refractivity contribution in [1.29, 1.82) is 0 Å². The van der Waals surface area contributed by atoms with Crippen molar-refractivity contribution in [1.82, 2.24) is 0 Å². The van der Waals surface area contributed by atoms with Crippen LogP contribution in [0.5, 0.6) is 0 Å². The van der Waals surface area contributed by atoms with Gasteiger partial charge in [-0.3, -0.25) is 4.79 Å². The number of carbonyl (C=O) groups is 1. The molecule has 0 aliphatic rings. The van der Waals surface area contributed by atoms with E-state index < -0.39 is 12.2 Å². The van der Waals surface area contributed by atoms with Crippen LogP contribution < -0.4 is 5.11 Å². The minimum atomic E-state index is -0.820. The first-order chi connectivity index (χ1) is 11.9. The van der Waals surface area contributed by atoms with Crippen LogP contribution in [0.4, 0.5) is 0 Å². The van der Waals surface area contributed by atoms with E-state index in [-0.39, 0.29) is 10.9 Å². The predicted octanol–water partition coefficient (Wildman–Crippen LogP) is 4.71. The molecule has 0 aromatic rings. The summed E-state index contributed by atoms with van der Waals surface area (Å²) in [4.78, 5) is 10.6. The normalized spacial score (nSPS) is 13.1. The summed E-state index contributed by atoms with van der Waals surface area (Å²) >= 11 is 0. The molecule has 25 heavy (non-hydrogen) atoms. The predicted molar refractivity (Wildman–Crippen MR) is 103 cm³/mol. The van der Waals surface area contributed by atoms with Crippen LogP contribution in [0.25, 0.3) is 0 Å². The fourth-order valence-electron chi connectivity index (χ4n) is 3.21. The zero-order chi connectivity index (χ0) is 19.0. The first-order valence-corrected chi connectivity index (χ1v) is 10.6. The van der Waals surface area contributed by atoms with Gasteiger partial charge in [-0.1, -0.05) is 84.0 Å². The van der Waals surface area contributed by atoms with Gasteiger partial charge in [0, 0.05) is 6.23 Å². The number of unbranched alkanes of at least 4 members (excludes halogenated alkanes) is 12. The van der Waals surface area contributed by atoms with Gasteiger partial charge in [0.15, 0.2) is 0 Å². The molecule has 0 saturated carbocycles. The smallest absolute Gasteiger partial charge is 0.309 e. The number of carboxylic acid groups (broad SMARTS) is 1. The number of quaternary nitrogens is 1. The molecule has 1 atom stereocenters. The van der Waals surface area contributed by atoms with E-state index in [1.807, 2.05) is 14.1 Å². The summed E-state index contributed by atoms with van der Waals surface area (Å²) < 4.78 is 0.268. The zero-order valence-corrected chi connectivity index (χ0v) is 17.1. The van der Waals surface area contributed by atoms with Gasteiger partial charge in [0.05, 0.1) is 27.1 Å². The minimum Gasteiger partial charge on any atom is -0.806 e. The third-order valence-corrected chi connectivity index (χ3v) is 5.24. The number of carboxylic acids is 1. The minimum absolute atomic E-state index is 0.0738. The molecule has 0 bridgehead atoms. The first kappa shape index (κ1) is 24.4. The summed E-state index contributed by atoms with van der Waals surface area (Å²) in [6.45, 7) is 2.68. The van der Waals surface area contributed by atoms with Gasteiger partial charge in [0.2, 0.25) is 0 Å². The van der Waals surface area contributed by atoms with E-state index in [1.54, 1.807) is 0 Å². The highest BCUT2D eigenvalue weighted by molar-refractivity contribution is 5.66. The van der Waals surface area contributed by atoms with Gasteiger partial charge >= 0.3 is 5.97 Å². The van der Waals surface area contributed by atoms with Crippen molar-refractivity contribution in [2.24, 2.45) is 0 Å². The lowest BCUT2D eigenvalue weighted by atomic mass is 10.0. The number of hydrogen-bond acceptors (Lipinski definition) is 2. The lowest BCUT2D eigenvalue weighted by Crippen LogP contribution is -2.56. The van der Waals surface area contributed by atoms with E-state index in [0.717, 1.165) is 12.8 Å². The monoisotopic (exact) mass is 357 g/mol. The standard InChI is InChI=1S/C21H43NO3/c1-4-5-6-7-8-9-10-11-12-13-14-15-16-17-20(23)22(2,3)19-18-21(24)25/h20H,4-19H2,1-3H3,(H,24,25). The Kier molecular flexibility index (Phi) is 15.2. The van der Waals surface area contributed by atoms with Crippen LogP contribution in [-0.2, 0) is 4.79 Å². The van der Waals surface area contributed by atoms with Crippen molar-refractivity contribution in [2.75, 3.05) is 20.6 Å². The van der Waals surface area contributed by atoms with Crippen molar-refractivity contribution in [3.8, 4) is 0 Å². The molecule has 0 aliphatic carbocycles. The molecular weight excluding hydrogens is 314 g/mol. The van der Waals surface area contributed by atoms with Crippen LogP contribution in [0.2, 0.25) is 0 Å². The Hall–Kier alpha value is -0.610. The quantitative estimate of drug-likeness (QED) is 0.220. The maximum Gasteiger partial charge on any atom is 0.309 e. The Morgan fingerprint density at radius 1 is 0.840 bits per heavy atom. The summed E-state index contributed by atoms with van der Waals surface area (Å²) in [5, 5.41) is 21.0. The molecular formula is C21H43NO3. The topological polar surface area (TPSA) is 60.4 Å². The molecule has 0 aromatic carbocycles. The second-order valence-electron chi connectivity index (χ2n) is 8.13. The molecule has 0 saturated heterocycles. The third-order valence-electron chi connectivity index (χ3n) is 5.24. The SMILES string of the molecule is CCCCCCCCCCCCCCCC([O-])[N+](C)(C)CCC(=O)O. The molecule has 0 radical (unpaired) electrons. The molecule has 1 N–H and O–H groups in total. The Labute approximate surface area is 156 Å². The van der Waals surface area contributed by atoms with Crippen molar-refractivity contribution in [3.63, 3.8) is 0 Å². The average Bonchev–Trinajstić information content (AvgIpc) is 2.57. The zero-order valence-electron chi connectivity index (χ0n) is 17.1. The Morgan fingerprint density at radius 3 is 1.64 bits per heavy atom. The third kappa shape index (κ3) is 15.4. The van der Waals surface area contributed by atoms with Crippen LogP contribution in [0.15, 0.2) is 0 Å². The molecule has 0 aliphatic heterocycles. The van der Waals surface area contributed by atoms with Gasteiger partial charge in [-0.15, -0.1) is 0 Å². The van der Waals surface area contributed by atoms with E-state index in [9.17, 15) is 9.90 Å². The number of hydrogen-bond donors (Lipinski definition) is 1. The van der Waals surface area contributed by atoms with Crippen LogP contribution in [0, 0.1) is 0 Å². The fraction of sp³-hybridized carbons (Fsp3) is 0.952. The largest absolute Gasteiger partial charge is 0.806 e. The maximum atomic E-state index is 12.2.